The maximum Gasteiger partial charge on any atom is 1.00 e. The largest absolute Gasteiger partial charge is 1.00 e. The summed E-state index contributed by atoms with van der Waals surface area (Å²) >= 11 is -4.56. The topological polar surface area (TPSA) is 92.3 Å². The molecule has 0 bridgehead atoms. The van der Waals surface area contributed by atoms with E-state index >= 15 is 0 Å². The van der Waals surface area contributed by atoms with Gasteiger partial charge in [0.2, 0.25) is 0 Å². The van der Waals surface area contributed by atoms with Gasteiger partial charge < -0.3 is 9.11 Å². The summed E-state index contributed by atoms with van der Waals surface area (Å²) in [7, 11) is 0. The molecule has 5 nitrogen and oxygen atoms in total. The van der Waals surface area contributed by atoms with Crippen LogP contribution in [0.1, 0.15) is 13.8 Å². The fourth-order valence-corrected chi connectivity index (χ4v) is 1.16. The van der Waals surface area contributed by atoms with Gasteiger partial charge in [0.15, 0.2) is 0 Å². The minimum Gasteiger partial charge on any atom is -0.771 e. The molecule has 9 heteroatoms. The summed E-state index contributed by atoms with van der Waals surface area (Å²) in [5.74, 6) is 0. The van der Waals surface area contributed by atoms with Gasteiger partial charge in [-0.05, 0) is 36.0 Å². The number of hydrogen-bond donors (Lipinski definition) is 1. The monoisotopic (exact) mass is 277 g/mol. The fourth-order valence-electron chi connectivity index (χ4n) is 0.442. The minimum absolute atomic E-state index is 0. The maximum absolute atomic E-state index is 10.2. The molecule has 0 aromatic carbocycles. The molecular formula is C4H9K2NO4S2. The Morgan fingerprint density at radius 2 is 1.23 bits per heavy atom. The third-order valence-electron chi connectivity index (χ3n) is 1.05. The van der Waals surface area contributed by atoms with Gasteiger partial charge in [0, 0.05) is 0 Å². The molecule has 0 rings (SSSR count). The smallest absolute Gasteiger partial charge is 0.771 e. The Bertz CT molecular complexity index is 164. The third kappa shape index (κ3) is 11.7. The Balaban J connectivity index is -0.000000500. The van der Waals surface area contributed by atoms with E-state index < -0.39 is 32.9 Å². The van der Waals surface area contributed by atoms with Crippen LogP contribution in [0.25, 0.3) is 0 Å². The second-order valence-electron chi connectivity index (χ2n) is 1.97. The van der Waals surface area contributed by atoms with Gasteiger partial charge in [0.05, 0.1) is 10.7 Å². The predicted octanol–water partition coefficient (Wildman–Crippen LogP) is -6.97. The van der Waals surface area contributed by atoms with Gasteiger partial charge >= 0.3 is 103 Å². The second kappa shape index (κ2) is 11.9. The summed E-state index contributed by atoms with van der Waals surface area (Å²) < 4.78 is 40.8. The molecule has 0 aromatic heterocycles. The summed E-state index contributed by atoms with van der Waals surface area (Å²) in [6, 6.07) is 0. The molecule has 0 amide bonds. The Morgan fingerprint density at radius 3 is 1.38 bits per heavy atom. The zero-order valence-electron chi connectivity index (χ0n) is 8.10. The van der Waals surface area contributed by atoms with Crippen molar-refractivity contribution in [1.29, 1.82) is 0 Å². The van der Waals surface area contributed by atoms with Gasteiger partial charge in [-0.2, -0.15) is 0 Å². The Morgan fingerprint density at radius 1 is 1.00 bits per heavy atom. The summed E-state index contributed by atoms with van der Waals surface area (Å²) in [6.07, 6.45) is 0. The van der Waals surface area contributed by atoms with Crippen LogP contribution in [-0.4, -0.2) is 28.3 Å². The first-order valence-corrected chi connectivity index (χ1v) is 5.15. The average Bonchev–Trinajstić information content (AvgIpc) is 1.87. The Kier molecular flexibility index (Phi) is 19.9. The molecule has 4 atom stereocenters. The normalized spacial score (nSPS) is 18.8. The molecule has 4 unspecified atom stereocenters. The maximum atomic E-state index is 10.2. The van der Waals surface area contributed by atoms with E-state index in [0.29, 0.717) is 0 Å². The number of nitrogens with one attached hydrogen (secondary N) is 1. The number of rotatable bonds is 4. The molecule has 0 aliphatic carbocycles. The van der Waals surface area contributed by atoms with Crippen molar-refractivity contribution in [2.24, 2.45) is 0 Å². The average molecular weight is 277 g/mol. The van der Waals surface area contributed by atoms with Gasteiger partial charge in [-0.1, -0.05) is 0 Å². The molecule has 0 aliphatic heterocycles. The first kappa shape index (κ1) is 21.7. The van der Waals surface area contributed by atoms with Crippen molar-refractivity contribution in [3.63, 3.8) is 0 Å². The molecule has 0 fully saturated rings. The summed E-state index contributed by atoms with van der Waals surface area (Å²) in [5, 5.41) is 0.664. The van der Waals surface area contributed by atoms with Crippen LogP contribution in [0.5, 0.6) is 0 Å². The van der Waals surface area contributed by atoms with Crippen molar-refractivity contribution in [3.05, 3.63) is 0 Å². The summed E-state index contributed by atoms with van der Waals surface area (Å²) in [5.41, 5.74) is 0. The van der Waals surface area contributed by atoms with Crippen LogP contribution in [0.4, 0.5) is 0 Å². The third-order valence-corrected chi connectivity index (χ3v) is 2.47. The Hall–Kier alpha value is 3.45. The molecule has 0 aromatic rings. The standard InChI is InChI=1S/C4H11NO4S2.2K/c1-3(10(6)7)5-4(2)11(8)9;;/h3-5H,1-2H3,(H,6,7)(H,8,9);;/q;2*+1/p-2. The van der Waals surface area contributed by atoms with E-state index in [1.54, 1.807) is 0 Å². The summed E-state index contributed by atoms with van der Waals surface area (Å²) in [6.45, 7) is 2.74. The molecule has 0 saturated heterocycles. The van der Waals surface area contributed by atoms with Crippen LogP contribution >= 0.6 is 0 Å². The SMILES string of the molecule is CC(NC(C)S(=O)[O-])S(=O)[O-].[K+].[K+]. The molecule has 0 spiro atoms. The van der Waals surface area contributed by atoms with E-state index in [2.05, 4.69) is 5.32 Å². The molecule has 13 heavy (non-hydrogen) atoms. The first-order valence-electron chi connectivity index (χ1n) is 2.87. The molecule has 1 N–H and O–H groups in total. The van der Waals surface area contributed by atoms with Gasteiger partial charge in [-0.15, -0.1) is 0 Å². The van der Waals surface area contributed by atoms with E-state index in [0.717, 1.165) is 0 Å². The second-order valence-corrected chi connectivity index (χ2v) is 4.43. The van der Waals surface area contributed by atoms with Crippen molar-refractivity contribution in [2.75, 3.05) is 0 Å². The van der Waals surface area contributed by atoms with E-state index in [1.165, 1.54) is 13.8 Å². The molecule has 0 heterocycles. The molecular weight excluding hydrogens is 268 g/mol. The van der Waals surface area contributed by atoms with Gasteiger partial charge in [0.25, 0.3) is 0 Å². The van der Waals surface area contributed by atoms with Crippen LogP contribution in [0.2, 0.25) is 0 Å². The first-order chi connectivity index (χ1) is 4.95. The Labute approximate surface area is 168 Å². The van der Waals surface area contributed by atoms with Crippen molar-refractivity contribution in [1.82, 2.24) is 5.32 Å². The van der Waals surface area contributed by atoms with Crippen LogP contribution in [0.3, 0.4) is 0 Å². The fraction of sp³-hybridized carbons (Fsp3) is 1.00. The van der Waals surface area contributed by atoms with Crippen LogP contribution in [-0.2, 0) is 22.2 Å². The molecule has 0 radical (unpaired) electrons. The zero-order valence-corrected chi connectivity index (χ0v) is 16.0. The van der Waals surface area contributed by atoms with Crippen molar-refractivity contribution < 1.29 is 120 Å². The van der Waals surface area contributed by atoms with E-state index in [-0.39, 0.29) is 103 Å². The predicted molar refractivity (Wildman–Crippen MR) is 39.9 cm³/mol. The van der Waals surface area contributed by atoms with Crippen LogP contribution in [0, 0.1) is 0 Å². The summed E-state index contributed by atoms with van der Waals surface area (Å²) in [4.78, 5) is 0. The number of hydrogen-bond acceptors (Lipinski definition) is 5. The molecule has 68 valence electrons. The minimum atomic E-state index is -2.28. The van der Waals surface area contributed by atoms with Crippen LogP contribution in [0.15, 0.2) is 0 Å². The van der Waals surface area contributed by atoms with E-state index in [1.807, 2.05) is 0 Å². The van der Waals surface area contributed by atoms with Gasteiger partial charge in [-0.3, -0.25) is 13.7 Å². The van der Waals surface area contributed by atoms with Crippen molar-refractivity contribution >= 4 is 22.2 Å². The molecule has 0 aliphatic rings. The van der Waals surface area contributed by atoms with Crippen molar-refractivity contribution in [3.8, 4) is 0 Å². The zero-order chi connectivity index (χ0) is 9.02. The van der Waals surface area contributed by atoms with Crippen LogP contribution < -0.4 is 108 Å². The van der Waals surface area contributed by atoms with Crippen molar-refractivity contribution in [2.45, 2.75) is 24.6 Å². The van der Waals surface area contributed by atoms with E-state index in [9.17, 15) is 17.5 Å². The van der Waals surface area contributed by atoms with E-state index in [4.69, 9.17) is 0 Å². The molecule has 0 saturated carbocycles. The van der Waals surface area contributed by atoms with Gasteiger partial charge in [0.1, 0.15) is 0 Å². The van der Waals surface area contributed by atoms with Gasteiger partial charge in [-0.25, -0.2) is 0 Å². The quantitative estimate of drug-likeness (QED) is 0.407.